The number of anilines is 1. The number of likely N-dealkylation sites (N-methyl/N-ethyl adjacent to an activating group) is 1. The van der Waals surface area contributed by atoms with Gasteiger partial charge in [-0.1, -0.05) is 18.9 Å². The number of hydrogen-bond donors (Lipinski definition) is 2. The summed E-state index contributed by atoms with van der Waals surface area (Å²) in [5.74, 6) is -1.33. The molecule has 114 valence electrons. The van der Waals surface area contributed by atoms with Gasteiger partial charge in [-0.2, -0.15) is 0 Å². The monoisotopic (exact) mass is 294 g/mol. The minimum Gasteiger partial charge on any atom is -0.477 e. The average Bonchev–Trinajstić information content (AvgIpc) is 2.46. The molecule has 2 N–H and O–H groups in total. The van der Waals surface area contributed by atoms with Crippen LogP contribution in [0.2, 0.25) is 0 Å². The van der Waals surface area contributed by atoms with Gasteiger partial charge in [0.05, 0.1) is 17.1 Å². The number of carboxylic acids is 1. The zero-order valence-corrected chi connectivity index (χ0v) is 11.7. The molecule has 2 rings (SSSR count). The van der Waals surface area contributed by atoms with E-state index in [-0.39, 0.29) is 17.3 Å². The third-order valence-corrected chi connectivity index (χ3v) is 4.00. The molecule has 0 saturated heterocycles. The van der Waals surface area contributed by atoms with Crippen LogP contribution in [-0.2, 0) is 0 Å². The van der Waals surface area contributed by atoms with Crippen LogP contribution < -0.4 is 4.90 Å². The van der Waals surface area contributed by atoms with E-state index in [1.54, 1.807) is 11.9 Å². The molecule has 2 atom stereocenters. The third kappa shape index (κ3) is 2.97. The second kappa shape index (κ2) is 6.09. The summed E-state index contributed by atoms with van der Waals surface area (Å²) in [7, 11) is 1.66. The molecule has 1 aromatic carbocycles. The molecule has 0 bridgehead atoms. The highest BCUT2D eigenvalue weighted by Gasteiger charge is 2.32. The van der Waals surface area contributed by atoms with E-state index in [0.717, 1.165) is 19.3 Å². The van der Waals surface area contributed by atoms with Crippen molar-refractivity contribution in [2.45, 2.75) is 37.8 Å². The molecular weight excluding hydrogens is 276 g/mol. The minimum absolute atomic E-state index is 0.228. The van der Waals surface area contributed by atoms with Gasteiger partial charge < -0.3 is 15.1 Å². The molecule has 0 heterocycles. The Morgan fingerprint density at radius 3 is 2.62 bits per heavy atom. The average molecular weight is 294 g/mol. The topological polar surface area (TPSA) is 104 Å². The van der Waals surface area contributed by atoms with E-state index in [0.29, 0.717) is 6.42 Å². The number of para-hydroxylation sites is 1. The van der Waals surface area contributed by atoms with Crippen LogP contribution in [0.1, 0.15) is 36.0 Å². The summed E-state index contributed by atoms with van der Waals surface area (Å²) in [5, 5.41) is 30.5. The molecule has 0 aliphatic heterocycles. The first-order valence-electron chi connectivity index (χ1n) is 6.85. The first-order valence-corrected chi connectivity index (χ1v) is 6.85. The van der Waals surface area contributed by atoms with Crippen molar-refractivity contribution in [2.24, 2.45) is 0 Å². The van der Waals surface area contributed by atoms with E-state index in [9.17, 15) is 20.0 Å². The third-order valence-electron chi connectivity index (χ3n) is 4.00. The Labute approximate surface area is 122 Å². The predicted molar refractivity (Wildman–Crippen MR) is 76.7 cm³/mol. The van der Waals surface area contributed by atoms with Gasteiger partial charge in [0.1, 0.15) is 11.3 Å². The molecule has 1 aliphatic carbocycles. The summed E-state index contributed by atoms with van der Waals surface area (Å²) in [6.07, 6.45) is 2.70. The lowest BCUT2D eigenvalue weighted by Crippen LogP contribution is -2.43. The Morgan fingerprint density at radius 2 is 2.05 bits per heavy atom. The predicted octanol–water partition coefficient (Wildman–Crippen LogP) is 2.03. The molecule has 0 aromatic heterocycles. The largest absolute Gasteiger partial charge is 0.477 e. The van der Waals surface area contributed by atoms with E-state index in [1.807, 2.05) is 0 Å². The van der Waals surface area contributed by atoms with Crippen LogP contribution in [0.4, 0.5) is 11.4 Å². The number of nitro benzene ring substituents is 1. The van der Waals surface area contributed by atoms with Crippen molar-refractivity contribution in [2.75, 3.05) is 11.9 Å². The molecule has 1 saturated carbocycles. The second-order valence-corrected chi connectivity index (χ2v) is 5.27. The fraction of sp³-hybridized carbons (Fsp3) is 0.500. The summed E-state index contributed by atoms with van der Waals surface area (Å²) < 4.78 is 0. The maximum atomic E-state index is 11.3. The van der Waals surface area contributed by atoms with Gasteiger partial charge in [0.15, 0.2) is 0 Å². The highest BCUT2D eigenvalue weighted by molar-refractivity contribution is 5.95. The number of nitrogens with zero attached hydrogens (tertiary/aromatic N) is 2. The number of hydrogen-bond acceptors (Lipinski definition) is 5. The zero-order valence-electron chi connectivity index (χ0n) is 11.7. The Bertz CT molecular complexity index is 560. The summed E-state index contributed by atoms with van der Waals surface area (Å²) in [6.45, 7) is 0. The SMILES string of the molecule is CN(c1cccc(C(=O)O)c1[N+](=O)[O-])C1CCCCC1O. The number of rotatable bonds is 4. The van der Waals surface area contributed by atoms with Crippen molar-refractivity contribution in [3.05, 3.63) is 33.9 Å². The van der Waals surface area contributed by atoms with E-state index < -0.39 is 22.7 Å². The maximum Gasteiger partial charge on any atom is 0.342 e. The van der Waals surface area contributed by atoms with Crippen LogP contribution in [0.15, 0.2) is 18.2 Å². The Balaban J connectivity index is 2.45. The number of aliphatic hydroxyl groups excluding tert-OH is 1. The van der Waals surface area contributed by atoms with Gasteiger partial charge in [0, 0.05) is 7.05 Å². The first kappa shape index (κ1) is 15.2. The van der Waals surface area contributed by atoms with Crippen LogP contribution in [0.3, 0.4) is 0 Å². The Morgan fingerprint density at radius 1 is 1.38 bits per heavy atom. The van der Waals surface area contributed by atoms with Crippen molar-refractivity contribution in [1.29, 1.82) is 0 Å². The molecule has 7 heteroatoms. The summed E-state index contributed by atoms with van der Waals surface area (Å²) in [5.41, 5.74) is -0.536. The van der Waals surface area contributed by atoms with Crippen molar-refractivity contribution in [3.8, 4) is 0 Å². The quantitative estimate of drug-likeness (QED) is 0.650. The molecule has 0 radical (unpaired) electrons. The molecule has 7 nitrogen and oxygen atoms in total. The van der Waals surface area contributed by atoms with Gasteiger partial charge in [-0.05, 0) is 25.0 Å². The number of carbonyl (C=O) groups is 1. The molecule has 21 heavy (non-hydrogen) atoms. The van der Waals surface area contributed by atoms with Gasteiger partial charge in [-0.25, -0.2) is 4.79 Å². The Hall–Kier alpha value is -2.15. The summed E-state index contributed by atoms with van der Waals surface area (Å²) in [4.78, 5) is 23.4. The fourth-order valence-electron chi connectivity index (χ4n) is 2.90. The van der Waals surface area contributed by atoms with Crippen LogP contribution in [0, 0.1) is 10.1 Å². The van der Waals surface area contributed by atoms with Crippen LogP contribution in [0.25, 0.3) is 0 Å². The van der Waals surface area contributed by atoms with Gasteiger partial charge in [0.2, 0.25) is 0 Å². The van der Waals surface area contributed by atoms with Crippen LogP contribution in [-0.4, -0.2) is 40.3 Å². The highest BCUT2D eigenvalue weighted by atomic mass is 16.6. The number of aromatic carboxylic acids is 1. The van der Waals surface area contributed by atoms with Crippen molar-refractivity contribution < 1.29 is 19.9 Å². The molecule has 0 spiro atoms. The lowest BCUT2D eigenvalue weighted by molar-refractivity contribution is -0.384. The zero-order chi connectivity index (χ0) is 15.6. The van der Waals surface area contributed by atoms with E-state index in [4.69, 9.17) is 5.11 Å². The maximum absolute atomic E-state index is 11.3. The normalized spacial score (nSPS) is 21.8. The fourth-order valence-corrected chi connectivity index (χ4v) is 2.90. The van der Waals surface area contributed by atoms with Gasteiger partial charge in [0.25, 0.3) is 0 Å². The van der Waals surface area contributed by atoms with Crippen molar-refractivity contribution >= 4 is 17.3 Å². The lowest BCUT2D eigenvalue weighted by Gasteiger charge is -2.36. The lowest BCUT2D eigenvalue weighted by atomic mass is 9.91. The first-order chi connectivity index (χ1) is 9.93. The van der Waals surface area contributed by atoms with Crippen LogP contribution in [0.5, 0.6) is 0 Å². The van der Waals surface area contributed by atoms with Gasteiger partial charge in [-0.15, -0.1) is 0 Å². The second-order valence-electron chi connectivity index (χ2n) is 5.27. The standard InChI is InChI=1S/C14H18N2O5/c1-15(10-6-2-3-8-12(10)17)11-7-4-5-9(14(18)19)13(11)16(20)21/h4-5,7,10,12,17H,2-3,6,8H2,1H3,(H,18,19). The van der Waals surface area contributed by atoms with E-state index in [2.05, 4.69) is 0 Å². The minimum atomic E-state index is -1.33. The smallest absolute Gasteiger partial charge is 0.342 e. The summed E-state index contributed by atoms with van der Waals surface area (Å²) in [6, 6.07) is 3.99. The number of benzene rings is 1. The van der Waals surface area contributed by atoms with Gasteiger partial charge in [-0.3, -0.25) is 10.1 Å². The molecule has 0 amide bonds. The van der Waals surface area contributed by atoms with E-state index in [1.165, 1.54) is 18.2 Å². The molecule has 2 unspecified atom stereocenters. The van der Waals surface area contributed by atoms with Crippen molar-refractivity contribution in [1.82, 2.24) is 0 Å². The van der Waals surface area contributed by atoms with E-state index >= 15 is 0 Å². The van der Waals surface area contributed by atoms with Crippen LogP contribution >= 0.6 is 0 Å². The molecular formula is C14H18N2O5. The molecule has 1 aliphatic rings. The molecule has 1 fully saturated rings. The van der Waals surface area contributed by atoms with Gasteiger partial charge >= 0.3 is 11.7 Å². The Kier molecular flexibility index (Phi) is 4.42. The van der Waals surface area contributed by atoms with Crippen molar-refractivity contribution in [3.63, 3.8) is 0 Å². The number of aliphatic hydroxyl groups is 1. The number of carboxylic acid groups (broad SMARTS) is 1. The molecule has 1 aromatic rings. The number of nitro groups is 1. The summed E-state index contributed by atoms with van der Waals surface area (Å²) >= 11 is 0. The highest BCUT2D eigenvalue weighted by Crippen LogP contribution is 2.35.